The van der Waals surface area contributed by atoms with E-state index in [0.29, 0.717) is 24.3 Å². The van der Waals surface area contributed by atoms with Crippen molar-refractivity contribution in [2.24, 2.45) is 5.92 Å². The highest BCUT2D eigenvalue weighted by Gasteiger charge is 2.33. The Morgan fingerprint density at radius 1 is 1.55 bits per heavy atom. The van der Waals surface area contributed by atoms with Crippen LogP contribution in [0.25, 0.3) is 0 Å². The van der Waals surface area contributed by atoms with Crippen molar-refractivity contribution in [2.75, 3.05) is 25.1 Å². The van der Waals surface area contributed by atoms with Gasteiger partial charge in [0, 0.05) is 11.4 Å². The molecule has 0 aliphatic carbocycles. The monoisotopic (exact) mass is 297 g/mol. The summed E-state index contributed by atoms with van der Waals surface area (Å²) in [7, 11) is 0. The van der Waals surface area contributed by atoms with Crippen molar-refractivity contribution < 1.29 is 9.53 Å². The van der Waals surface area contributed by atoms with Crippen LogP contribution in [0.4, 0.5) is 5.13 Å². The standard InChI is InChI=1S/C14H23N3O2S/c1-4-5-15-11-7-19-6-10(11)13(18)17-14-16-12(8-20-14)9(2)3/h8-11,15H,4-7H2,1-3H3,(H,16,17,18). The first-order chi connectivity index (χ1) is 9.61. The van der Waals surface area contributed by atoms with Crippen LogP contribution in [0.5, 0.6) is 0 Å². The molecular formula is C14H23N3O2S. The summed E-state index contributed by atoms with van der Waals surface area (Å²) < 4.78 is 5.43. The smallest absolute Gasteiger partial charge is 0.233 e. The van der Waals surface area contributed by atoms with Gasteiger partial charge < -0.3 is 15.4 Å². The molecule has 0 saturated carbocycles. The molecule has 1 aliphatic rings. The Kier molecular flexibility index (Phi) is 5.51. The SMILES string of the molecule is CCCNC1COCC1C(=O)Nc1nc(C(C)C)cs1. The first-order valence-electron chi connectivity index (χ1n) is 7.19. The summed E-state index contributed by atoms with van der Waals surface area (Å²) in [6.07, 6.45) is 1.05. The number of carbonyl (C=O) groups excluding carboxylic acids is 1. The Balaban J connectivity index is 1.92. The molecule has 0 spiro atoms. The lowest BCUT2D eigenvalue weighted by molar-refractivity contribution is -0.120. The number of anilines is 1. The molecule has 2 N–H and O–H groups in total. The van der Waals surface area contributed by atoms with Crippen molar-refractivity contribution in [3.8, 4) is 0 Å². The van der Waals surface area contributed by atoms with Crippen LogP contribution < -0.4 is 10.6 Å². The molecule has 20 heavy (non-hydrogen) atoms. The summed E-state index contributed by atoms with van der Waals surface area (Å²) in [5.41, 5.74) is 1.02. The molecule has 1 aromatic heterocycles. The number of hydrogen-bond donors (Lipinski definition) is 2. The molecule has 6 heteroatoms. The topological polar surface area (TPSA) is 63.2 Å². The fourth-order valence-corrected chi connectivity index (χ4v) is 3.03. The Morgan fingerprint density at radius 2 is 2.35 bits per heavy atom. The van der Waals surface area contributed by atoms with E-state index < -0.39 is 0 Å². The van der Waals surface area contributed by atoms with Crippen molar-refractivity contribution >= 4 is 22.4 Å². The largest absolute Gasteiger partial charge is 0.379 e. The van der Waals surface area contributed by atoms with Gasteiger partial charge in [-0.05, 0) is 18.9 Å². The van der Waals surface area contributed by atoms with Crippen LogP contribution in [-0.4, -0.2) is 36.7 Å². The third-order valence-electron chi connectivity index (χ3n) is 3.42. The van der Waals surface area contributed by atoms with Crippen LogP contribution in [0.15, 0.2) is 5.38 Å². The lowest BCUT2D eigenvalue weighted by Gasteiger charge is -2.17. The lowest BCUT2D eigenvalue weighted by atomic mass is 10.0. The Morgan fingerprint density at radius 3 is 3.00 bits per heavy atom. The van der Waals surface area contributed by atoms with E-state index in [-0.39, 0.29) is 17.9 Å². The molecule has 2 atom stereocenters. The summed E-state index contributed by atoms with van der Waals surface area (Å²) in [6.45, 7) is 8.29. The maximum absolute atomic E-state index is 12.3. The van der Waals surface area contributed by atoms with Gasteiger partial charge in [-0.3, -0.25) is 4.79 Å². The highest BCUT2D eigenvalue weighted by Crippen LogP contribution is 2.23. The van der Waals surface area contributed by atoms with Gasteiger partial charge in [0.15, 0.2) is 5.13 Å². The highest BCUT2D eigenvalue weighted by atomic mass is 32.1. The number of carbonyl (C=O) groups is 1. The number of hydrogen-bond acceptors (Lipinski definition) is 5. The average molecular weight is 297 g/mol. The van der Waals surface area contributed by atoms with Gasteiger partial charge in [0.25, 0.3) is 0 Å². The van der Waals surface area contributed by atoms with Crippen LogP contribution in [0.3, 0.4) is 0 Å². The molecule has 0 radical (unpaired) electrons. The molecule has 0 aromatic carbocycles. The van der Waals surface area contributed by atoms with E-state index >= 15 is 0 Å². The third kappa shape index (κ3) is 3.77. The molecule has 2 unspecified atom stereocenters. The molecule has 1 aromatic rings. The van der Waals surface area contributed by atoms with Gasteiger partial charge in [0.1, 0.15) is 0 Å². The van der Waals surface area contributed by atoms with Gasteiger partial charge in [0.05, 0.1) is 24.8 Å². The molecule has 112 valence electrons. The molecule has 1 fully saturated rings. The van der Waals surface area contributed by atoms with Crippen LogP contribution in [-0.2, 0) is 9.53 Å². The van der Waals surface area contributed by atoms with Gasteiger partial charge in [-0.2, -0.15) is 0 Å². The molecule has 2 rings (SSSR count). The Labute approximate surface area is 124 Å². The van der Waals surface area contributed by atoms with Crippen LogP contribution in [0.2, 0.25) is 0 Å². The third-order valence-corrected chi connectivity index (χ3v) is 4.19. The molecule has 0 bridgehead atoms. The number of nitrogens with zero attached hydrogens (tertiary/aromatic N) is 1. The molecule has 1 amide bonds. The first kappa shape index (κ1) is 15.4. The number of nitrogens with one attached hydrogen (secondary N) is 2. The Hall–Kier alpha value is -0.980. The summed E-state index contributed by atoms with van der Waals surface area (Å²) >= 11 is 1.48. The van der Waals surface area contributed by atoms with E-state index in [1.54, 1.807) is 0 Å². The number of ether oxygens (including phenoxy) is 1. The number of amides is 1. The van der Waals surface area contributed by atoms with E-state index in [0.717, 1.165) is 18.7 Å². The van der Waals surface area contributed by atoms with Crippen molar-refractivity contribution in [2.45, 2.75) is 39.2 Å². The van der Waals surface area contributed by atoms with Crippen molar-refractivity contribution in [3.63, 3.8) is 0 Å². The predicted molar refractivity (Wildman–Crippen MR) is 81.2 cm³/mol. The summed E-state index contributed by atoms with van der Waals surface area (Å²) in [6, 6.07) is 0.111. The molecule has 5 nitrogen and oxygen atoms in total. The maximum atomic E-state index is 12.3. The normalized spacial score (nSPS) is 22.4. The van der Waals surface area contributed by atoms with Gasteiger partial charge >= 0.3 is 0 Å². The van der Waals surface area contributed by atoms with Crippen molar-refractivity contribution in [1.29, 1.82) is 0 Å². The maximum Gasteiger partial charge on any atom is 0.233 e. The quantitative estimate of drug-likeness (QED) is 0.845. The van der Waals surface area contributed by atoms with E-state index in [1.807, 2.05) is 5.38 Å². The van der Waals surface area contributed by atoms with Gasteiger partial charge in [0.2, 0.25) is 5.91 Å². The van der Waals surface area contributed by atoms with Crippen molar-refractivity contribution in [1.82, 2.24) is 10.3 Å². The lowest BCUT2D eigenvalue weighted by Crippen LogP contribution is -2.41. The average Bonchev–Trinajstić information content (AvgIpc) is 3.04. The second-order valence-corrected chi connectivity index (χ2v) is 6.28. The van der Waals surface area contributed by atoms with Crippen LogP contribution in [0, 0.1) is 5.92 Å². The van der Waals surface area contributed by atoms with Crippen molar-refractivity contribution in [3.05, 3.63) is 11.1 Å². The van der Waals surface area contributed by atoms with E-state index in [9.17, 15) is 4.79 Å². The molecule has 2 heterocycles. The summed E-state index contributed by atoms with van der Waals surface area (Å²) in [5, 5.41) is 8.96. The minimum atomic E-state index is -0.132. The van der Waals surface area contributed by atoms with Crippen LogP contribution >= 0.6 is 11.3 Å². The minimum absolute atomic E-state index is 0.000703. The summed E-state index contributed by atoms with van der Waals surface area (Å²) in [5.74, 6) is 0.249. The Bertz CT molecular complexity index is 447. The zero-order valence-electron chi connectivity index (χ0n) is 12.3. The second-order valence-electron chi connectivity index (χ2n) is 5.43. The first-order valence-corrected chi connectivity index (χ1v) is 8.07. The number of rotatable bonds is 6. The second kappa shape index (κ2) is 7.15. The molecular weight excluding hydrogens is 274 g/mol. The van der Waals surface area contributed by atoms with E-state index in [1.165, 1.54) is 11.3 Å². The zero-order chi connectivity index (χ0) is 14.5. The highest BCUT2D eigenvalue weighted by molar-refractivity contribution is 7.13. The minimum Gasteiger partial charge on any atom is -0.379 e. The number of thiazole rings is 1. The fourth-order valence-electron chi connectivity index (χ4n) is 2.15. The van der Waals surface area contributed by atoms with E-state index in [2.05, 4.69) is 36.4 Å². The number of aromatic nitrogens is 1. The predicted octanol–water partition coefficient (Wildman–Crippen LogP) is 2.22. The summed E-state index contributed by atoms with van der Waals surface area (Å²) in [4.78, 5) is 16.7. The van der Waals surface area contributed by atoms with E-state index in [4.69, 9.17) is 4.74 Å². The molecule has 1 saturated heterocycles. The van der Waals surface area contributed by atoms with Crippen LogP contribution in [0.1, 0.15) is 38.8 Å². The van der Waals surface area contributed by atoms with Gasteiger partial charge in [-0.25, -0.2) is 4.98 Å². The van der Waals surface area contributed by atoms with Gasteiger partial charge in [-0.15, -0.1) is 11.3 Å². The zero-order valence-corrected chi connectivity index (χ0v) is 13.1. The molecule has 1 aliphatic heterocycles. The fraction of sp³-hybridized carbons (Fsp3) is 0.714. The van der Waals surface area contributed by atoms with Gasteiger partial charge in [-0.1, -0.05) is 20.8 Å².